The summed E-state index contributed by atoms with van der Waals surface area (Å²) in [5.74, 6) is -0.236. The topological polar surface area (TPSA) is 78.5 Å². The number of amides is 1. The molecule has 0 saturated carbocycles. The Balaban J connectivity index is 1.63. The van der Waals surface area contributed by atoms with E-state index in [4.69, 9.17) is 0 Å². The van der Waals surface area contributed by atoms with Gasteiger partial charge in [0.25, 0.3) is 5.91 Å². The average molecular weight is 402 g/mol. The molecule has 1 atom stereocenters. The third-order valence-corrected chi connectivity index (χ3v) is 6.37. The summed E-state index contributed by atoms with van der Waals surface area (Å²) < 4.78 is 26.8. The van der Waals surface area contributed by atoms with Gasteiger partial charge in [-0.3, -0.25) is 9.69 Å². The van der Waals surface area contributed by atoms with Crippen molar-refractivity contribution in [2.75, 3.05) is 19.6 Å². The molecule has 3 rings (SSSR count). The van der Waals surface area contributed by atoms with Gasteiger partial charge in [-0.25, -0.2) is 13.1 Å². The van der Waals surface area contributed by atoms with Gasteiger partial charge in [-0.2, -0.15) is 0 Å². The molecule has 0 bridgehead atoms. The maximum absolute atomic E-state index is 12.7. The molecule has 0 aromatic heterocycles. The second-order valence-electron chi connectivity index (χ2n) is 7.06. The van der Waals surface area contributed by atoms with Crippen molar-refractivity contribution in [1.29, 1.82) is 0 Å². The Hall–Kier alpha value is -2.22. The maximum atomic E-state index is 12.7. The van der Waals surface area contributed by atoms with E-state index < -0.39 is 10.0 Å². The van der Waals surface area contributed by atoms with Crippen molar-refractivity contribution >= 4 is 15.9 Å². The van der Waals surface area contributed by atoms with Gasteiger partial charge in [-0.05, 0) is 43.1 Å². The Morgan fingerprint density at radius 2 is 1.93 bits per heavy atom. The lowest BCUT2D eigenvalue weighted by Gasteiger charge is -2.33. The molecule has 1 amide bonds. The number of sulfonamides is 1. The summed E-state index contributed by atoms with van der Waals surface area (Å²) in [5.41, 5.74) is 1.62. The highest BCUT2D eigenvalue weighted by atomic mass is 32.2. The van der Waals surface area contributed by atoms with Gasteiger partial charge in [0.2, 0.25) is 10.0 Å². The Bertz CT molecular complexity index is 900. The van der Waals surface area contributed by atoms with Crippen molar-refractivity contribution in [3.8, 4) is 0 Å². The van der Waals surface area contributed by atoms with Crippen LogP contribution in [0, 0.1) is 0 Å². The number of likely N-dealkylation sites (tertiary alicyclic amines) is 1. The third-order valence-electron chi connectivity index (χ3n) is 4.83. The Kier molecular flexibility index (Phi) is 6.83. The number of piperidine rings is 1. The predicted octanol–water partition coefficient (Wildman–Crippen LogP) is 2.38. The van der Waals surface area contributed by atoms with Gasteiger partial charge in [0.15, 0.2) is 0 Å². The summed E-state index contributed by atoms with van der Waals surface area (Å²) in [6, 6.07) is 16.5. The van der Waals surface area contributed by atoms with Crippen LogP contribution in [0.25, 0.3) is 0 Å². The van der Waals surface area contributed by atoms with E-state index in [2.05, 4.69) is 27.1 Å². The molecule has 2 aromatic carbocycles. The van der Waals surface area contributed by atoms with Crippen LogP contribution in [-0.2, 0) is 16.6 Å². The smallest absolute Gasteiger partial charge is 0.251 e. The summed E-state index contributed by atoms with van der Waals surface area (Å²) in [6.07, 6.45) is 1.94. The molecule has 0 radical (unpaired) electrons. The van der Waals surface area contributed by atoms with Gasteiger partial charge in [0.05, 0.1) is 4.90 Å². The molecule has 2 aromatic rings. The van der Waals surface area contributed by atoms with Gasteiger partial charge in [0, 0.05) is 31.2 Å². The van der Waals surface area contributed by atoms with E-state index in [0.717, 1.165) is 32.5 Å². The number of rotatable bonds is 7. The first-order chi connectivity index (χ1) is 13.5. The molecule has 1 saturated heterocycles. The molecule has 1 unspecified atom stereocenters. The number of carbonyl (C=O) groups excluding carboxylic acids is 1. The third kappa shape index (κ3) is 5.41. The first-order valence-electron chi connectivity index (χ1n) is 9.65. The van der Waals surface area contributed by atoms with Gasteiger partial charge >= 0.3 is 0 Å². The number of hydrogen-bond donors (Lipinski definition) is 2. The number of hydrogen-bond acceptors (Lipinski definition) is 4. The first kappa shape index (κ1) is 20.5. The van der Waals surface area contributed by atoms with Gasteiger partial charge in [0.1, 0.15) is 0 Å². The van der Waals surface area contributed by atoms with E-state index in [0.29, 0.717) is 12.1 Å². The summed E-state index contributed by atoms with van der Waals surface area (Å²) in [6.45, 7) is 4.69. The fraction of sp³-hybridized carbons (Fsp3) is 0.381. The van der Waals surface area contributed by atoms with Crippen molar-refractivity contribution in [2.45, 2.75) is 37.2 Å². The van der Waals surface area contributed by atoms with Crippen LogP contribution in [0.2, 0.25) is 0 Å². The lowest BCUT2D eigenvalue weighted by molar-refractivity contribution is 0.0900. The van der Waals surface area contributed by atoms with E-state index >= 15 is 0 Å². The molecule has 150 valence electrons. The van der Waals surface area contributed by atoms with Crippen molar-refractivity contribution in [1.82, 2.24) is 14.9 Å². The van der Waals surface area contributed by atoms with Crippen LogP contribution >= 0.6 is 0 Å². The molecule has 1 aliphatic heterocycles. The Morgan fingerprint density at radius 1 is 1.14 bits per heavy atom. The monoisotopic (exact) mass is 401 g/mol. The van der Waals surface area contributed by atoms with Crippen molar-refractivity contribution in [2.24, 2.45) is 0 Å². The van der Waals surface area contributed by atoms with Crippen molar-refractivity contribution in [3.63, 3.8) is 0 Å². The maximum Gasteiger partial charge on any atom is 0.251 e. The van der Waals surface area contributed by atoms with Crippen LogP contribution < -0.4 is 10.0 Å². The van der Waals surface area contributed by atoms with Crippen LogP contribution in [-0.4, -0.2) is 44.9 Å². The second-order valence-corrected chi connectivity index (χ2v) is 8.83. The molecule has 6 nitrogen and oxygen atoms in total. The zero-order chi connectivity index (χ0) is 20.0. The van der Waals surface area contributed by atoms with Gasteiger partial charge in [-0.1, -0.05) is 43.3 Å². The highest BCUT2D eigenvalue weighted by molar-refractivity contribution is 7.89. The van der Waals surface area contributed by atoms with Crippen molar-refractivity contribution in [3.05, 3.63) is 65.7 Å². The molecule has 0 aliphatic carbocycles. The van der Waals surface area contributed by atoms with Gasteiger partial charge < -0.3 is 5.32 Å². The van der Waals surface area contributed by atoms with Gasteiger partial charge in [-0.15, -0.1) is 0 Å². The summed E-state index contributed by atoms with van der Waals surface area (Å²) in [4.78, 5) is 15.1. The van der Waals surface area contributed by atoms with Crippen LogP contribution in [0.15, 0.2) is 59.5 Å². The van der Waals surface area contributed by atoms with Crippen LogP contribution in [0.1, 0.15) is 35.7 Å². The molecule has 1 fully saturated rings. The zero-order valence-electron chi connectivity index (χ0n) is 16.1. The molecule has 1 aliphatic rings. The molecule has 2 N–H and O–H groups in total. The molecule has 7 heteroatoms. The highest BCUT2D eigenvalue weighted by Gasteiger charge is 2.22. The fourth-order valence-electron chi connectivity index (χ4n) is 3.51. The Morgan fingerprint density at radius 3 is 2.68 bits per heavy atom. The lowest BCUT2D eigenvalue weighted by atomic mass is 10.0. The summed E-state index contributed by atoms with van der Waals surface area (Å²) in [7, 11) is -3.58. The standard InChI is InChI=1S/C21H27N3O3S/c1-2-22-28(26,27)20-12-6-10-18(14-20)21(25)23-19-11-7-13-24(16-19)15-17-8-4-3-5-9-17/h3-6,8-10,12,14,19,22H,2,7,11,13,15-16H2,1H3,(H,23,25). The summed E-state index contributed by atoms with van der Waals surface area (Å²) >= 11 is 0. The average Bonchev–Trinajstić information content (AvgIpc) is 2.69. The second kappa shape index (κ2) is 9.32. The van der Waals surface area contributed by atoms with Crippen LogP contribution in [0.5, 0.6) is 0 Å². The minimum atomic E-state index is -3.58. The minimum absolute atomic E-state index is 0.0546. The number of carbonyl (C=O) groups is 1. The van der Waals surface area contributed by atoms with E-state index in [1.807, 2.05) is 18.2 Å². The molecular weight excluding hydrogens is 374 g/mol. The van der Waals surface area contributed by atoms with E-state index in [1.54, 1.807) is 19.1 Å². The van der Waals surface area contributed by atoms with Crippen molar-refractivity contribution < 1.29 is 13.2 Å². The molecule has 28 heavy (non-hydrogen) atoms. The normalized spacial score (nSPS) is 18.0. The molecule has 0 spiro atoms. The largest absolute Gasteiger partial charge is 0.348 e. The summed E-state index contributed by atoms with van der Waals surface area (Å²) in [5, 5.41) is 3.07. The van der Waals surface area contributed by atoms with E-state index in [1.165, 1.54) is 17.7 Å². The number of benzene rings is 2. The Labute approximate surface area is 167 Å². The fourth-order valence-corrected chi connectivity index (χ4v) is 4.59. The number of nitrogens with one attached hydrogen (secondary N) is 2. The van der Waals surface area contributed by atoms with Crippen LogP contribution in [0.4, 0.5) is 0 Å². The highest BCUT2D eigenvalue weighted by Crippen LogP contribution is 2.16. The quantitative estimate of drug-likeness (QED) is 0.747. The zero-order valence-corrected chi connectivity index (χ0v) is 16.9. The lowest BCUT2D eigenvalue weighted by Crippen LogP contribution is -2.47. The SMILES string of the molecule is CCNS(=O)(=O)c1cccc(C(=O)NC2CCCN(Cc3ccccc3)C2)c1. The van der Waals surface area contributed by atoms with E-state index in [-0.39, 0.29) is 16.8 Å². The molecular formula is C21H27N3O3S. The van der Waals surface area contributed by atoms with E-state index in [9.17, 15) is 13.2 Å². The number of nitrogens with zero attached hydrogens (tertiary/aromatic N) is 1. The first-order valence-corrected chi connectivity index (χ1v) is 11.1. The molecule has 1 heterocycles. The predicted molar refractivity (Wildman–Crippen MR) is 110 cm³/mol. The minimum Gasteiger partial charge on any atom is -0.348 e. The van der Waals surface area contributed by atoms with Crippen LogP contribution in [0.3, 0.4) is 0 Å².